The maximum absolute atomic E-state index is 12.1. The van der Waals surface area contributed by atoms with Gasteiger partial charge in [0, 0.05) is 11.5 Å². The second kappa shape index (κ2) is 6.37. The zero-order valence-electron chi connectivity index (χ0n) is 14.8. The molecule has 0 heterocycles. The summed E-state index contributed by atoms with van der Waals surface area (Å²) in [6.07, 6.45) is 3.28. The number of fused-ring (bicyclic) bond motifs is 2. The molecule has 0 aromatic heterocycles. The lowest BCUT2D eigenvalue weighted by atomic mass is 9.82. The largest absolute Gasteiger partial charge is 0.298 e. The number of carbonyl (C=O) groups is 1. The van der Waals surface area contributed by atoms with Gasteiger partial charge in [-0.3, -0.25) is 4.79 Å². The van der Waals surface area contributed by atoms with Crippen LogP contribution in [0.4, 0.5) is 0 Å². The van der Waals surface area contributed by atoms with Crippen molar-refractivity contribution in [1.82, 2.24) is 0 Å². The Morgan fingerprint density at radius 1 is 0.667 bits per heavy atom. The van der Waals surface area contributed by atoms with Crippen molar-refractivity contribution in [3.05, 3.63) is 119 Å². The van der Waals surface area contributed by atoms with Gasteiger partial charge >= 0.3 is 0 Å². The van der Waals surface area contributed by atoms with Crippen LogP contribution in [0.1, 0.15) is 38.5 Å². The van der Waals surface area contributed by atoms with Gasteiger partial charge in [0.05, 0.1) is 0 Å². The third-order valence-electron chi connectivity index (χ3n) is 5.47. The summed E-state index contributed by atoms with van der Waals surface area (Å²) in [6, 6.07) is 31.3. The second-order valence-corrected chi connectivity index (χ2v) is 6.94. The number of aldehydes is 1. The summed E-state index contributed by atoms with van der Waals surface area (Å²) in [5.74, 6) is 0.0633. The average molecular weight is 346 g/mol. The van der Waals surface area contributed by atoms with Gasteiger partial charge in [0.15, 0.2) is 6.29 Å². The lowest BCUT2D eigenvalue weighted by Gasteiger charge is -2.21. The lowest BCUT2D eigenvalue weighted by Crippen LogP contribution is -2.05. The molecule has 4 aromatic carbocycles. The molecule has 0 radical (unpaired) electrons. The number of benzene rings is 4. The molecule has 1 unspecified atom stereocenters. The monoisotopic (exact) mass is 346 g/mol. The van der Waals surface area contributed by atoms with Crippen LogP contribution in [-0.4, -0.2) is 6.29 Å². The molecule has 0 amide bonds. The SMILES string of the molecule is O=Cc1c(C2C(c3ccccc3)=Cc3ccccc32)ccc2ccccc12. The molecule has 1 aliphatic rings. The number of carbonyl (C=O) groups excluding carboxylic acids is 1. The molecule has 1 aliphatic carbocycles. The highest BCUT2D eigenvalue weighted by molar-refractivity contribution is 6.02. The minimum absolute atomic E-state index is 0.0633. The van der Waals surface area contributed by atoms with E-state index in [-0.39, 0.29) is 5.92 Å². The van der Waals surface area contributed by atoms with Crippen LogP contribution in [0.3, 0.4) is 0 Å². The van der Waals surface area contributed by atoms with Crippen LogP contribution in [-0.2, 0) is 0 Å². The van der Waals surface area contributed by atoms with E-state index in [0.29, 0.717) is 0 Å². The normalized spacial score (nSPS) is 15.4. The van der Waals surface area contributed by atoms with Crippen molar-refractivity contribution in [2.75, 3.05) is 0 Å². The minimum Gasteiger partial charge on any atom is -0.298 e. The van der Waals surface area contributed by atoms with Gasteiger partial charge in [-0.25, -0.2) is 0 Å². The summed E-state index contributed by atoms with van der Waals surface area (Å²) < 4.78 is 0. The van der Waals surface area contributed by atoms with E-state index in [0.717, 1.165) is 28.2 Å². The van der Waals surface area contributed by atoms with E-state index in [1.807, 2.05) is 24.3 Å². The van der Waals surface area contributed by atoms with E-state index >= 15 is 0 Å². The Bertz CT molecular complexity index is 1190. The van der Waals surface area contributed by atoms with E-state index in [2.05, 4.69) is 72.8 Å². The second-order valence-electron chi connectivity index (χ2n) is 6.94. The van der Waals surface area contributed by atoms with E-state index in [1.54, 1.807) is 0 Å². The zero-order valence-corrected chi connectivity index (χ0v) is 14.8. The molecule has 1 nitrogen and oxygen atoms in total. The molecule has 1 atom stereocenters. The molecule has 0 aliphatic heterocycles. The molecule has 0 fully saturated rings. The Labute approximate surface area is 158 Å². The molecular weight excluding hydrogens is 328 g/mol. The summed E-state index contributed by atoms with van der Waals surface area (Å²) in [6.45, 7) is 0. The lowest BCUT2D eigenvalue weighted by molar-refractivity contribution is 0.112. The fourth-order valence-corrected chi connectivity index (χ4v) is 4.24. The van der Waals surface area contributed by atoms with Gasteiger partial charge in [-0.2, -0.15) is 0 Å². The topological polar surface area (TPSA) is 17.1 Å². The maximum atomic E-state index is 12.1. The van der Waals surface area contributed by atoms with Gasteiger partial charge in [-0.1, -0.05) is 91.0 Å². The van der Waals surface area contributed by atoms with Crippen molar-refractivity contribution < 1.29 is 4.79 Å². The number of hydrogen-bond donors (Lipinski definition) is 0. The molecule has 0 bridgehead atoms. The molecule has 128 valence electrons. The van der Waals surface area contributed by atoms with Crippen molar-refractivity contribution in [2.24, 2.45) is 0 Å². The van der Waals surface area contributed by atoms with Crippen LogP contribution in [0.2, 0.25) is 0 Å². The van der Waals surface area contributed by atoms with Crippen LogP contribution in [0, 0.1) is 0 Å². The van der Waals surface area contributed by atoms with Crippen molar-refractivity contribution >= 4 is 28.7 Å². The number of hydrogen-bond acceptors (Lipinski definition) is 1. The molecule has 0 saturated heterocycles. The van der Waals surface area contributed by atoms with Gasteiger partial charge in [0.1, 0.15) is 0 Å². The summed E-state index contributed by atoms with van der Waals surface area (Å²) >= 11 is 0. The van der Waals surface area contributed by atoms with Gasteiger partial charge in [-0.15, -0.1) is 0 Å². The third-order valence-corrected chi connectivity index (χ3v) is 5.47. The van der Waals surface area contributed by atoms with E-state index in [1.165, 1.54) is 22.3 Å². The Morgan fingerprint density at radius 3 is 2.26 bits per heavy atom. The van der Waals surface area contributed by atoms with Crippen LogP contribution in [0.25, 0.3) is 22.4 Å². The Balaban J connectivity index is 1.79. The first kappa shape index (κ1) is 15.8. The van der Waals surface area contributed by atoms with Crippen molar-refractivity contribution in [3.8, 4) is 0 Å². The predicted molar refractivity (Wildman–Crippen MR) is 112 cm³/mol. The summed E-state index contributed by atoms with van der Waals surface area (Å²) in [7, 11) is 0. The Kier molecular flexibility index (Phi) is 3.72. The fraction of sp³-hybridized carbons (Fsp3) is 0.0385. The van der Waals surface area contributed by atoms with E-state index < -0.39 is 0 Å². The molecule has 4 aromatic rings. The van der Waals surface area contributed by atoms with Crippen LogP contribution >= 0.6 is 0 Å². The molecule has 27 heavy (non-hydrogen) atoms. The van der Waals surface area contributed by atoms with Crippen LogP contribution < -0.4 is 0 Å². The average Bonchev–Trinajstić information content (AvgIpc) is 3.13. The summed E-state index contributed by atoms with van der Waals surface area (Å²) in [5.41, 5.74) is 6.79. The van der Waals surface area contributed by atoms with E-state index in [4.69, 9.17) is 0 Å². The van der Waals surface area contributed by atoms with Crippen molar-refractivity contribution in [1.29, 1.82) is 0 Å². The predicted octanol–water partition coefficient (Wildman–Crippen LogP) is 6.34. The van der Waals surface area contributed by atoms with Gasteiger partial charge in [-0.05, 0) is 44.7 Å². The maximum Gasteiger partial charge on any atom is 0.150 e. The van der Waals surface area contributed by atoms with Crippen LogP contribution in [0.5, 0.6) is 0 Å². The third kappa shape index (κ3) is 2.51. The van der Waals surface area contributed by atoms with Crippen molar-refractivity contribution in [3.63, 3.8) is 0 Å². The molecule has 0 saturated carbocycles. The fourth-order valence-electron chi connectivity index (χ4n) is 4.24. The molecule has 0 spiro atoms. The first-order valence-corrected chi connectivity index (χ1v) is 9.19. The molecular formula is C26H18O. The van der Waals surface area contributed by atoms with Gasteiger partial charge in [0.2, 0.25) is 0 Å². The highest BCUT2D eigenvalue weighted by atomic mass is 16.1. The van der Waals surface area contributed by atoms with Gasteiger partial charge in [0.25, 0.3) is 0 Å². The van der Waals surface area contributed by atoms with Crippen molar-refractivity contribution in [2.45, 2.75) is 5.92 Å². The van der Waals surface area contributed by atoms with Crippen LogP contribution in [0.15, 0.2) is 91.0 Å². The smallest absolute Gasteiger partial charge is 0.150 e. The van der Waals surface area contributed by atoms with Gasteiger partial charge < -0.3 is 0 Å². The number of allylic oxidation sites excluding steroid dienone is 1. The molecule has 1 heteroatoms. The first-order chi connectivity index (χ1) is 13.4. The quantitative estimate of drug-likeness (QED) is 0.396. The summed E-state index contributed by atoms with van der Waals surface area (Å²) in [5, 5.41) is 2.11. The van der Waals surface area contributed by atoms with E-state index in [9.17, 15) is 4.79 Å². The highest BCUT2D eigenvalue weighted by Crippen LogP contribution is 2.47. The molecule has 5 rings (SSSR count). The summed E-state index contributed by atoms with van der Waals surface area (Å²) in [4.78, 5) is 12.1. The number of rotatable bonds is 3. The Hall–Kier alpha value is -3.45. The molecule has 0 N–H and O–H groups in total. The standard InChI is InChI=1S/C26H18O/c27-17-25-21-12-6-4-10-19(21)14-15-23(25)26-22-13-7-5-11-20(22)16-24(26)18-8-2-1-3-9-18/h1-17,26H. The Morgan fingerprint density at radius 2 is 1.41 bits per heavy atom. The first-order valence-electron chi connectivity index (χ1n) is 9.19. The minimum atomic E-state index is 0.0633. The highest BCUT2D eigenvalue weighted by Gasteiger charge is 2.29. The zero-order chi connectivity index (χ0) is 18.2.